The molecule has 0 aliphatic carbocycles. The van der Waals surface area contributed by atoms with Crippen LogP contribution >= 0.6 is 0 Å². The van der Waals surface area contributed by atoms with Gasteiger partial charge in [-0.3, -0.25) is 4.79 Å². The number of amides is 1. The van der Waals surface area contributed by atoms with Crippen molar-refractivity contribution in [3.8, 4) is 11.1 Å². The van der Waals surface area contributed by atoms with Crippen LogP contribution in [-0.4, -0.2) is 25.7 Å². The zero-order chi connectivity index (χ0) is 19.3. The lowest BCUT2D eigenvalue weighted by molar-refractivity contribution is -0.136. The summed E-state index contributed by atoms with van der Waals surface area (Å²) >= 11 is 0. The van der Waals surface area contributed by atoms with Crippen LogP contribution in [0.1, 0.15) is 42.9 Å². The Morgan fingerprint density at radius 2 is 1.81 bits per heavy atom. The quantitative estimate of drug-likeness (QED) is 0.796. The minimum atomic E-state index is -0.373. The fraction of sp³-hybridized carbons (Fsp3) is 0.458. The number of hydrogen-bond acceptors (Lipinski definition) is 2. The van der Waals surface area contributed by atoms with Gasteiger partial charge in [0, 0.05) is 19.8 Å². The number of ether oxygens (including phenoxy) is 1. The maximum atomic E-state index is 13.1. The molecule has 2 aromatic rings. The van der Waals surface area contributed by atoms with Crippen molar-refractivity contribution in [1.29, 1.82) is 0 Å². The molecule has 0 aromatic heterocycles. The first-order valence-electron chi connectivity index (χ1n) is 10.1. The molecule has 3 nitrogen and oxygen atoms in total. The number of aryl methyl sites for hydroxylation is 2. The van der Waals surface area contributed by atoms with E-state index in [-0.39, 0.29) is 11.3 Å². The Kier molecular flexibility index (Phi) is 6.33. The standard InChI is InChI=1S/C24H31NO2/c1-4-13-25-23(26)24(11-14-27-15-12-24)17-20-7-5-6-8-22(20)21-10-9-18(2)16-19(21)3/h5-10,16H,4,11-15,17H2,1-3H3,(H,25,26). The largest absolute Gasteiger partial charge is 0.381 e. The molecule has 0 spiro atoms. The molecule has 27 heavy (non-hydrogen) atoms. The molecule has 1 aliphatic heterocycles. The van der Waals surface area contributed by atoms with Crippen LogP contribution in [0.25, 0.3) is 11.1 Å². The van der Waals surface area contributed by atoms with Gasteiger partial charge in [0.2, 0.25) is 5.91 Å². The molecular formula is C24H31NO2. The van der Waals surface area contributed by atoms with Crippen LogP contribution in [0.5, 0.6) is 0 Å². The van der Waals surface area contributed by atoms with Crippen molar-refractivity contribution in [2.75, 3.05) is 19.8 Å². The summed E-state index contributed by atoms with van der Waals surface area (Å²) in [6, 6.07) is 15.1. The minimum absolute atomic E-state index is 0.183. The van der Waals surface area contributed by atoms with E-state index in [1.807, 2.05) is 0 Å². The van der Waals surface area contributed by atoms with Crippen LogP contribution in [0.4, 0.5) is 0 Å². The highest BCUT2D eigenvalue weighted by Gasteiger charge is 2.40. The van der Waals surface area contributed by atoms with Crippen LogP contribution in [-0.2, 0) is 16.0 Å². The zero-order valence-corrected chi connectivity index (χ0v) is 16.8. The SMILES string of the molecule is CCCNC(=O)C1(Cc2ccccc2-c2ccc(C)cc2C)CCOCC1. The molecule has 3 heteroatoms. The van der Waals surface area contributed by atoms with Crippen molar-refractivity contribution in [1.82, 2.24) is 5.32 Å². The van der Waals surface area contributed by atoms with E-state index in [0.717, 1.165) is 32.2 Å². The summed E-state index contributed by atoms with van der Waals surface area (Å²) in [5.74, 6) is 0.183. The van der Waals surface area contributed by atoms with E-state index in [0.29, 0.717) is 13.2 Å². The molecule has 0 radical (unpaired) electrons. The zero-order valence-electron chi connectivity index (χ0n) is 16.8. The molecule has 0 bridgehead atoms. The fourth-order valence-corrected chi connectivity index (χ4v) is 4.09. The van der Waals surface area contributed by atoms with Crippen molar-refractivity contribution in [2.45, 2.75) is 46.5 Å². The van der Waals surface area contributed by atoms with Gasteiger partial charge in [0.05, 0.1) is 5.41 Å². The number of carbonyl (C=O) groups excluding carboxylic acids is 1. The van der Waals surface area contributed by atoms with E-state index >= 15 is 0 Å². The van der Waals surface area contributed by atoms with E-state index in [4.69, 9.17) is 4.74 Å². The summed E-state index contributed by atoms with van der Waals surface area (Å²) in [5, 5.41) is 3.15. The first kappa shape index (κ1) is 19.6. The first-order chi connectivity index (χ1) is 13.1. The molecule has 1 heterocycles. The predicted molar refractivity (Wildman–Crippen MR) is 111 cm³/mol. The van der Waals surface area contributed by atoms with Gasteiger partial charge in [-0.15, -0.1) is 0 Å². The topological polar surface area (TPSA) is 38.3 Å². The highest BCUT2D eigenvalue weighted by Crippen LogP contribution is 2.38. The molecule has 1 amide bonds. The molecule has 1 fully saturated rings. The van der Waals surface area contributed by atoms with Gasteiger partial charge in [-0.05, 0) is 61.8 Å². The third-order valence-electron chi connectivity index (χ3n) is 5.69. The Bertz CT molecular complexity index is 791. The lowest BCUT2D eigenvalue weighted by Gasteiger charge is -2.36. The second kappa shape index (κ2) is 8.71. The molecule has 1 saturated heterocycles. The Morgan fingerprint density at radius 3 is 2.52 bits per heavy atom. The summed E-state index contributed by atoms with van der Waals surface area (Å²) in [6.45, 7) is 8.43. The maximum Gasteiger partial charge on any atom is 0.226 e. The van der Waals surface area contributed by atoms with Gasteiger partial charge in [-0.2, -0.15) is 0 Å². The molecule has 1 N–H and O–H groups in total. The normalized spacial score (nSPS) is 16.1. The van der Waals surface area contributed by atoms with Gasteiger partial charge in [-0.25, -0.2) is 0 Å². The highest BCUT2D eigenvalue weighted by molar-refractivity contribution is 5.83. The molecular weight excluding hydrogens is 334 g/mol. The van der Waals surface area contributed by atoms with E-state index < -0.39 is 0 Å². The van der Waals surface area contributed by atoms with Crippen LogP contribution in [0, 0.1) is 19.3 Å². The van der Waals surface area contributed by atoms with Crippen LogP contribution in [0.2, 0.25) is 0 Å². The maximum absolute atomic E-state index is 13.1. The van der Waals surface area contributed by atoms with Crippen molar-refractivity contribution in [2.24, 2.45) is 5.41 Å². The van der Waals surface area contributed by atoms with Crippen molar-refractivity contribution < 1.29 is 9.53 Å². The molecule has 0 atom stereocenters. The second-order valence-electron chi connectivity index (χ2n) is 7.80. The smallest absolute Gasteiger partial charge is 0.226 e. The summed E-state index contributed by atoms with van der Waals surface area (Å²) in [6.07, 6.45) is 3.28. The van der Waals surface area contributed by atoms with Gasteiger partial charge >= 0.3 is 0 Å². The van der Waals surface area contributed by atoms with E-state index in [1.54, 1.807) is 0 Å². The third-order valence-corrected chi connectivity index (χ3v) is 5.69. The lowest BCUT2D eigenvalue weighted by Crippen LogP contribution is -2.46. The number of hydrogen-bond donors (Lipinski definition) is 1. The van der Waals surface area contributed by atoms with Gasteiger partial charge in [-0.1, -0.05) is 55.0 Å². The average Bonchev–Trinajstić information content (AvgIpc) is 2.67. The Morgan fingerprint density at radius 1 is 1.07 bits per heavy atom. The van der Waals surface area contributed by atoms with Gasteiger partial charge in [0.1, 0.15) is 0 Å². The van der Waals surface area contributed by atoms with Gasteiger partial charge in [0.15, 0.2) is 0 Å². The molecule has 0 unspecified atom stereocenters. The molecule has 2 aromatic carbocycles. The molecule has 0 saturated carbocycles. The highest BCUT2D eigenvalue weighted by atomic mass is 16.5. The fourth-order valence-electron chi connectivity index (χ4n) is 4.09. The van der Waals surface area contributed by atoms with Crippen LogP contribution < -0.4 is 5.32 Å². The number of nitrogens with one attached hydrogen (secondary N) is 1. The van der Waals surface area contributed by atoms with Crippen molar-refractivity contribution in [3.63, 3.8) is 0 Å². The van der Waals surface area contributed by atoms with Crippen molar-refractivity contribution >= 4 is 5.91 Å². The number of benzene rings is 2. The minimum Gasteiger partial charge on any atom is -0.381 e. The molecule has 3 rings (SSSR count). The van der Waals surface area contributed by atoms with Gasteiger partial charge in [0.25, 0.3) is 0 Å². The predicted octanol–water partition coefficient (Wildman–Crippen LogP) is 4.84. The second-order valence-corrected chi connectivity index (χ2v) is 7.80. The average molecular weight is 366 g/mol. The Hall–Kier alpha value is -2.13. The van der Waals surface area contributed by atoms with E-state index in [1.165, 1.54) is 27.8 Å². The number of carbonyl (C=O) groups is 1. The van der Waals surface area contributed by atoms with Crippen molar-refractivity contribution in [3.05, 3.63) is 59.2 Å². The van der Waals surface area contributed by atoms with Gasteiger partial charge < -0.3 is 10.1 Å². The van der Waals surface area contributed by atoms with E-state index in [2.05, 4.69) is 68.6 Å². The molecule has 1 aliphatic rings. The Balaban J connectivity index is 1.96. The lowest BCUT2D eigenvalue weighted by atomic mass is 9.73. The summed E-state index contributed by atoms with van der Waals surface area (Å²) in [7, 11) is 0. The first-order valence-corrected chi connectivity index (χ1v) is 10.1. The van der Waals surface area contributed by atoms with Crippen LogP contribution in [0.15, 0.2) is 42.5 Å². The third kappa shape index (κ3) is 4.41. The van der Waals surface area contributed by atoms with Crippen LogP contribution in [0.3, 0.4) is 0 Å². The summed E-state index contributed by atoms with van der Waals surface area (Å²) in [4.78, 5) is 13.1. The summed E-state index contributed by atoms with van der Waals surface area (Å²) < 4.78 is 5.58. The van der Waals surface area contributed by atoms with E-state index in [9.17, 15) is 4.79 Å². The molecule has 144 valence electrons. The monoisotopic (exact) mass is 365 g/mol. The Labute approximate surface area is 163 Å². The number of rotatable bonds is 6. The summed E-state index contributed by atoms with van der Waals surface area (Å²) in [5.41, 5.74) is 5.92.